The molecular weight excluding hydrogens is 228 g/mol. The molecule has 0 saturated heterocycles. The molecule has 0 spiro atoms. The summed E-state index contributed by atoms with van der Waals surface area (Å²) >= 11 is 0. The van der Waals surface area contributed by atoms with E-state index in [2.05, 4.69) is 0 Å². The molecule has 3 N–H and O–H groups in total. The Bertz CT molecular complexity index is 477. The van der Waals surface area contributed by atoms with Crippen LogP contribution in [0.3, 0.4) is 0 Å². The molecule has 0 aliphatic carbocycles. The molecule has 6 nitrogen and oxygen atoms in total. The van der Waals surface area contributed by atoms with Gasteiger partial charge in [-0.2, -0.15) is 0 Å². The van der Waals surface area contributed by atoms with Crippen LogP contribution in [0.15, 0.2) is 6.07 Å². The van der Waals surface area contributed by atoms with E-state index in [4.69, 9.17) is 9.84 Å². The molecule has 0 amide bonds. The summed E-state index contributed by atoms with van der Waals surface area (Å²) in [5.41, 5.74) is -0.527. The van der Waals surface area contributed by atoms with Gasteiger partial charge < -0.3 is 20.1 Å². The second-order valence-corrected chi connectivity index (χ2v) is 3.38. The molecule has 0 radical (unpaired) electrons. The van der Waals surface area contributed by atoms with Crippen molar-refractivity contribution in [3.63, 3.8) is 0 Å². The minimum atomic E-state index is -1.46. The van der Waals surface area contributed by atoms with E-state index in [1.54, 1.807) is 6.92 Å². The zero-order chi connectivity index (χ0) is 13.2. The number of benzene rings is 1. The van der Waals surface area contributed by atoms with Crippen molar-refractivity contribution in [3.8, 4) is 17.2 Å². The lowest BCUT2D eigenvalue weighted by atomic mass is 10.1. The summed E-state index contributed by atoms with van der Waals surface area (Å²) in [6, 6.07) is 0.992. The highest BCUT2D eigenvalue weighted by atomic mass is 16.5. The fraction of sp³-hybridized carbons (Fsp3) is 0.273. The van der Waals surface area contributed by atoms with Gasteiger partial charge in [0.05, 0.1) is 0 Å². The molecule has 0 unspecified atom stereocenters. The molecule has 92 valence electrons. The first-order valence-corrected chi connectivity index (χ1v) is 4.88. The molecule has 6 heteroatoms. The number of carbonyl (C=O) groups excluding carboxylic acids is 1. The second kappa shape index (κ2) is 4.73. The summed E-state index contributed by atoms with van der Waals surface area (Å²) in [6.45, 7) is 2.97. The molecule has 0 aliphatic rings. The van der Waals surface area contributed by atoms with Gasteiger partial charge in [-0.05, 0) is 6.92 Å². The van der Waals surface area contributed by atoms with E-state index < -0.39 is 29.0 Å². The summed E-state index contributed by atoms with van der Waals surface area (Å²) in [5, 5.41) is 27.8. The van der Waals surface area contributed by atoms with E-state index in [0.717, 1.165) is 6.07 Å². The Morgan fingerprint density at radius 3 is 2.41 bits per heavy atom. The number of phenols is 2. The molecule has 0 saturated carbocycles. The number of esters is 1. The summed E-state index contributed by atoms with van der Waals surface area (Å²) < 4.78 is 4.84. The van der Waals surface area contributed by atoms with E-state index in [-0.39, 0.29) is 17.7 Å². The van der Waals surface area contributed by atoms with Crippen LogP contribution in [0.2, 0.25) is 0 Å². The lowest BCUT2D eigenvalue weighted by Gasteiger charge is -2.11. The zero-order valence-corrected chi connectivity index (χ0v) is 9.35. The second-order valence-electron chi connectivity index (χ2n) is 3.38. The largest absolute Gasteiger partial charge is 0.507 e. The smallest absolute Gasteiger partial charge is 0.343 e. The van der Waals surface area contributed by atoms with Crippen LogP contribution >= 0.6 is 0 Å². The van der Waals surface area contributed by atoms with Gasteiger partial charge >= 0.3 is 11.9 Å². The Balaban J connectivity index is 3.29. The molecule has 0 heterocycles. The number of ether oxygens (including phenoxy) is 1. The Labute approximate surface area is 97.1 Å². The maximum atomic E-state index is 11.1. The maximum Gasteiger partial charge on any atom is 0.343 e. The van der Waals surface area contributed by atoms with Crippen LogP contribution in [0.4, 0.5) is 0 Å². The van der Waals surface area contributed by atoms with E-state index in [1.165, 1.54) is 6.92 Å². The Morgan fingerprint density at radius 1 is 1.35 bits per heavy atom. The third-order valence-corrected chi connectivity index (χ3v) is 2.21. The van der Waals surface area contributed by atoms with Gasteiger partial charge in [-0.25, -0.2) is 4.79 Å². The van der Waals surface area contributed by atoms with Crippen LogP contribution in [-0.2, 0) is 4.79 Å². The van der Waals surface area contributed by atoms with Gasteiger partial charge in [-0.1, -0.05) is 6.92 Å². The summed E-state index contributed by atoms with van der Waals surface area (Å²) in [4.78, 5) is 21.8. The van der Waals surface area contributed by atoms with Crippen LogP contribution in [-0.4, -0.2) is 27.3 Å². The lowest BCUT2D eigenvalue weighted by Crippen LogP contribution is -2.08. The first-order chi connectivity index (χ1) is 7.88. The van der Waals surface area contributed by atoms with E-state index in [9.17, 15) is 19.8 Å². The van der Waals surface area contributed by atoms with Gasteiger partial charge in [0.15, 0.2) is 0 Å². The van der Waals surface area contributed by atoms with Crippen molar-refractivity contribution in [2.24, 2.45) is 0 Å². The Morgan fingerprint density at radius 2 is 1.94 bits per heavy atom. The molecular formula is C11H12O6. The van der Waals surface area contributed by atoms with Gasteiger partial charge in [0.25, 0.3) is 0 Å². The molecule has 0 aromatic heterocycles. The molecule has 1 aromatic carbocycles. The molecule has 17 heavy (non-hydrogen) atoms. The molecule has 1 rings (SSSR count). The van der Waals surface area contributed by atoms with E-state index in [1.807, 2.05) is 0 Å². The quantitative estimate of drug-likeness (QED) is 0.545. The minimum absolute atomic E-state index is 0.0585. The third-order valence-electron chi connectivity index (χ3n) is 2.21. The van der Waals surface area contributed by atoms with Crippen molar-refractivity contribution < 1.29 is 29.6 Å². The molecule has 0 atom stereocenters. The predicted octanol–water partition coefficient (Wildman–Crippen LogP) is 1.42. The maximum absolute atomic E-state index is 11.1. The van der Waals surface area contributed by atoms with Crippen molar-refractivity contribution in [3.05, 3.63) is 17.2 Å². The van der Waals surface area contributed by atoms with E-state index in [0.29, 0.717) is 0 Å². The fourth-order valence-electron chi connectivity index (χ4n) is 1.24. The highest BCUT2D eigenvalue weighted by Crippen LogP contribution is 2.37. The average Bonchev–Trinajstić information content (AvgIpc) is 2.24. The van der Waals surface area contributed by atoms with E-state index >= 15 is 0 Å². The van der Waals surface area contributed by atoms with Crippen molar-refractivity contribution >= 4 is 11.9 Å². The van der Waals surface area contributed by atoms with Crippen LogP contribution in [0.5, 0.6) is 17.2 Å². The van der Waals surface area contributed by atoms with Gasteiger partial charge in [-0.3, -0.25) is 4.79 Å². The van der Waals surface area contributed by atoms with Gasteiger partial charge in [0, 0.05) is 18.1 Å². The number of aromatic hydroxyl groups is 2. The van der Waals surface area contributed by atoms with Gasteiger partial charge in [-0.15, -0.1) is 0 Å². The average molecular weight is 240 g/mol. The SMILES string of the molecule is CCC(=O)Oc1cc(O)c(C(=O)O)c(O)c1C. The first kappa shape index (κ1) is 12.8. The Hall–Kier alpha value is -2.24. The van der Waals surface area contributed by atoms with Gasteiger partial charge in [0.1, 0.15) is 22.8 Å². The standard InChI is InChI=1S/C11H12O6/c1-3-8(13)17-7-4-6(12)9(11(15)16)10(14)5(7)2/h4,12,14H,3H2,1-2H3,(H,15,16). The lowest BCUT2D eigenvalue weighted by molar-refractivity contribution is -0.134. The number of carbonyl (C=O) groups is 2. The summed E-state index contributed by atoms with van der Waals surface area (Å²) in [5.74, 6) is -3.33. The highest BCUT2D eigenvalue weighted by Gasteiger charge is 2.21. The molecule has 0 fully saturated rings. The monoisotopic (exact) mass is 240 g/mol. The fourth-order valence-corrected chi connectivity index (χ4v) is 1.24. The number of hydrogen-bond acceptors (Lipinski definition) is 5. The molecule has 0 bridgehead atoms. The predicted molar refractivity (Wildman–Crippen MR) is 57.4 cm³/mol. The Kier molecular flexibility index (Phi) is 3.57. The number of hydrogen-bond donors (Lipinski definition) is 3. The van der Waals surface area contributed by atoms with Crippen LogP contribution in [0.25, 0.3) is 0 Å². The summed E-state index contributed by atoms with van der Waals surface area (Å²) in [7, 11) is 0. The van der Waals surface area contributed by atoms with Gasteiger partial charge in [0.2, 0.25) is 0 Å². The van der Waals surface area contributed by atoms with Crippen molar-refractivity contribution in [1.82, 2.24) is 0 Å². The van der Waals surface area contributed by atoms with Crippen molar-refractivity contribution in [2.75, 3.05) is 0 Å². The third kappa shape index (κ3) is 2.47. The minimum Gasteiger partial charge on any atom is -0.507 e. The number of carboxylic acids is 1. The van der Waals surface area contributed by atoms with Crippen molar-refractivity contribution in [2.45, 2.75) is 20.3 Å². The zero-order valence-electron chi connectivity index (χ0n) is 9.35. The number of aromatic carboxylic acids is 1. The normalized spacial score (nSPS) is 10.0. The number of carboxylic acid groups (broad SMARTS) is 1. The van der Waals surface area contributed by atoms with Crippen LogP contribution in [0.1, 0.15) is 29.3 Å². The highest BCUT2D eigenvalue weighted by molar-refractivity contribution is 5.95. The van der Waals surface area contributed by atoms with Crippen LogP contribution in [0, 0.1) is 6.92 Å². The molecule has 0 aliphatic heterocycles. The van der Waals surface area contributed by atoms with Crippen molar-refractivity contribution in [1.29, 1.82) is 0 Å². The summed E-state index contributed by atoms with van der Waals surface area (Å²) in [6.07, 6.45) is 0.127. The molecule has 1 aromatic rings. The first-order valence-electron chi connectivity index (χ1n) is 4.88. The topological polar surface area (TPSA) is 104 Å². The van der Waals surface area contributed by atoms with Crippen LogP contribution < -0.4 is 4.74 Å². The number of rotatable bonds is 3.